The highest BCUT2D eigenvalue weighted by atomic mass is 16.5. The van der Waals surface area contributed by atoms with E-state index in [0.717, 1.165) is 16.8 Å². The summed E-state index contributed by atoms with van der Waals surface area (Å²) in [6.07, 6.45) is 1.25. The van der Waals surface area contributed by atoms with Crippen molar-refractivity contribution in [1.82, 2.24) is 0 Å². The molecule has 78 valence electrons. The molecular weight excluding hydrogens is 190 g/mol. The van der Waals surface area contributed by atoms with Crippen molar-refractivity contribution in [2.24, 2.45) is 4.99 Å². The zero-order valence-electron chi connectivity index (χ0n) is 8.36. The normalized spacial score (nSPS) is 15.9. The lowest BCUT2D eigenvalue weighted by Gasteiger charge is -2.13. The van der Waals surface area contributed by atoms with E-state index in [9.17, 15) is 0 Å². The van der Waals surface area contributed by atoms with E-state index in [4.69, 9.17) is 15.9 Å². The number of ether oxygens (including phenoxy) is 1. The maximum absolute atomic E-state index is 7.14. The van der Waals surface area contributed by atoms with Crippen LogP contribution in [0.4, 0.5) is 5.69 Å². The van der Waals surface area contributed by atoms with Gasteiger partial charge >= 0.3 is 0 Å². The SMILES string of the molecule is N=Cc1ccc(C2=NCCOC2)cc1N. The fourth-order valence-corrected chi connectivity index (χ4v) is 1.52. The Morgan fingerprint density at radius 1 is 1.47 bits per heavy atom. The Bertz CT molecular complexity index is 412. The lowest BCUT2D eigenvalue weighted by atomic mass is 10.1. The van der Waals surface area contributed by atoms with E-state index in [1.807, 2.05) is 18.2 Å². The van der Waals surface area contributed by atoms with E-state index in [-0.39, 0.29) is 0 Å². The molecule has 0 aromatic heterocycles. The summed E-state index contributed by atoms with van der Waals surface area (Å²) in [5.74, 6) is 0. The van der Waals surface area contributed by atoms with Crippen LogP contribution >= 0.6 is 0 Å². The fourth-order valence-electron chi connectivity index (χ4n) is 1.52. The van der Waals surface area contributed by atoms with Gasteiger partial charge in [0.05, 0.1) is 25.5 Å². The van der Waals surface area contributed by atoms with E-state index in [2.05, 4.69) is 4.99 Å². The van der Waals surface area contributed by atoms with Crippen LogP contribution in [0.5, 0.6) is 0 Å². The number of aliphatic imine (C=N–C) groups is 1. The first-order valence-corrected chi connectivity index (χ1v) is 4.82. The second-order valence-electron chi connectivity index (χ2n) is 3.37. The molecule has 0 atom stereocenters. The molecule has 0 aliphatic carbocycles. The average Bonchev–Trinajstić information content (AvgIpc) is 2.30. The van der Waals surface area contributed by atoms with Gasteiger partial charge in [-0.3, -0.25) is 4.99 Å². The molecule has 0 saturated heterocycles. The van der Waals surface area contributed by atoms with Gasteiger partial charge in [0, 0.05) is 17.5 Å². The molecule has 0 spiro atoms. The van der Waals surface area contributed by atoms with Gasteiger partial charge in [0.25, 0.3) is 0 Å². The van der Waals surface area contributed by atoms with Crippen LogP contribution in [0.3, 0.4) is 0 Å². The van der Waals surface area contributed by atoms with Gasteiger partial charge in [0.2, 0.25) is 0 Å². The quantitative estimate of drug-likeness (QED) is 0.557. The molecule has 1 heterocycles. The third-order valence-corrected chi connectivity index (χ3v) is 2.35. The minimum Gasteiger partial charge on any atom is -0.398 e. The fraction of sp³-hybridized carbons (Fsp3) is 0.273. The van der Waals surface area contributed by atoms with E-state index in [1.54, 1.807) is 0 Å². The molecule has 0 unspecified atom stereocenters. The molecular formula is C11H13N3O. The van der Waals surface area contributed by atoms with Crippen molar-refractivity contribution in [2.75, 3.05) is 25.5 Å². The van der Waals surface area contributed by atoms with Crippen LogP contribution in [0.2, 0.25) is 0 Å². The maximum Gasteiger partial charge on any atom is 0.0890 e. The molecule has 1 aliphatic rings. The zero-order valence-corrected chi connectivity index (χ0v) is 8.36. The molecule has 3 N–H and O–H groups in total. The van der Waals surface area contributed by atoms with Crippen LogP contribution < -0.4 is 5.73 Å². The number of nitrogens with one attached hydrogen (secondary N) is 1. The summed E-state index contributed by atoms with van der Waals surface area (Å²) in [4.78, 5) is 4.38. The third kappa shape index (κ3) is 2.05. The molecule has 1 aromatic rings. The van der Waals surface area contributed by atoms with Crippen molar-refractivity contribution in [2.45, 2.75) is 0 Å². The Hall–Kier alpha value is -1.68. The molecule has 15 heavy (non-hydrogen) atoms. The van der Waals surface area contributed by atoms with Crippen LogP contribution in [0.15, 0.2) is 23.2 Å². The monoisotopic (exact) mass is 203 g/mol. The minimum absolute atomic E-state index is 0.545. The molecule has 2 rings (SSSR count). The number of benzene rings is 1. The zero-order chi connectivity index (χ0) is 10.7. The number of rotatable bonds is 2. The van der Waals surface area contributed by atoms with Crippen molar-refractivity contribution < 1.29 is 4.74 Å². The summed E-state index contributed by atoms with van der Waals surface area (Å²) >= 11 is 0. The Morgan fingerprint density at radius 3 is 2.93 bits per heavy atom. The molecule has 4 nitrogen and oxygen atoms in total. The van der Waals surface area contributed by atoms with Crippen LogP contribution in [0.25, 0.3) is 0 Å². The molecule has 1 aliphatic heterocycles. The van der Waals surface area contributed by atoms with Gasteiger partial charge < -0.3 is 15.9 Å². The van der Waals surface area contributed by atoms with Gasteiger partial charge in [-0.2, -0.15) is 0 Å². The molecule has 0 saturated carbocycles. The topological polar surface area (TPSA) is 71.5 Å². The summed E-state index contributed by atoms with van der Waals surface area (Å²) in [5.41, 5.74) is 9.05. The molecule has 0 amide bonds. The highest BCUT2D eigenvalue weighted by Crippen LogP contribution is 2.14. The van der Waals surface area contributed by atoms with Gasteiger partial charge in [-0.1, -0.05) is 12.1 Å². The lowest BCUT2D eigenvalue weighted by molar-refractivity contribution is 0.171. The Labute approximate surface area is 88.3 Å². The van der Waals surface area contributed by atoms with Gasteiger partial charge in [-0.25, -0.2) is 0 Å². The number of hydrogen-bond acceptors (Lipinski definition) is 4. The number of nitrogen functional groups attached to an aromatic ring is 1. The van der Waals surface area contributed by atoms with Crippen molar-refractivity contribution in [3.05, 3.63) is 29.3 Å². The predicted molar refractivity (Wildman–Crippen MR) is 61.0 cm³/mol. The summed E-state index contributed by atoms with van der Waals surface area (Å²) in [5, 5.41) is 7.14. The maximum atomic E-state index is 7.14. The molecule has 0 bridgehead atoms. The van der Waals surface area contributed by atoms with E-state index >= 15 is 0 Å². The Morgan fingerprint density at radius 2 is 2.33 bits per heavy atom. The van der Waals surface area contributed by atoms with Crippen molar-refractivity contribution >= 4 is 17.6 Å². The molecule has 0 fully saturated rings. The van der Waals surface area contributed by atoms with E-state index < -0.39 is 0 Å². The number of anilines is 1. The van der Waals surface area contributed by atoms with Crippen molar-refractivity contribution in [3.8, 4) is 0 Å². The second-order valence-corrected chi connectivity index (χ2v) is 3.37. The summed E-state index contributed by atoms with van der Waals surface area (Å²) in [6, 6.07) is 5.59. The molecule has 1 aromatic carbocycles. The minimum atomic E-state index is 0.545. The summed E-state index contributed by atoms with van der Waals surface area (Å²) < 4.78 is 5.32. The average molecular weight is 203 g/mol. The highest BCUT2D eigenvalue weighted by Gasteiger charge is 2.09. The van der Waals surface area contributed by atoms with Crippen LogP contribution in [-0.4, -0.2) is 31.7 Å². The summed E-state index contributed by atoms with van der Waals surface area (Å²) in [7, 11) is 0. The Kier molecular flexibility index (Phi) is 2.78. The van der Waals surface area contributed by atoms with Gasteiger partial charge in [-0.15, -0.1) is 0 Å². The first-order chi connectivity index (χ1) is 7.31. The van der Waals surface area contributed by atoms with Crippen LogP contribution in [0.1, 0.15) is 11.1 Å². The van der Waals surface area contributed by atoms with Crippen molar-refractivity contribution in [1.29, 1.82) is 5.41 Å². The molecule has 0 radical (unpaired) electrons. The van der Waals surface area contributed by atoms with Gasteiger partial charge in [0.1, 0.15) is 0 Å². The number of hydrogen-bond donors (Lipinski definition) is 2. The second kappa shape index (κ2) is 4.23. The van der Waals surface area contributed by atoms with Crippen LogP contribution in [-0.2, 0) is 4.74 Å². The highest BCUT2D eigenvalue weighted by molar-refractivity contribution is 6.03. The van der Waals surface area contributed by atoms with Crippen LogP contribution in [0, 0.1) is 5.41 Å². The number of nitrogens with two attached hydrogens (primary N) is 1. The first-order valence-electron chi connectivity index (χ1n) is 4.82. The molecule has 4 heteroatoms. The lowest BCUT2D eigenvalue weighted by Crippen LogP contribution is -2.19. The van der Waals surface area contributed by atoms with Crippen molar-refractivity contribution in [3.63, 3.8) is 0 Å². The van der Waals surface area contributed by atoms with Gasteiger partial charge in [0.15, 0.2) is 0 Å². The standard InChI is InChI=1S/C11H13N3O/c12-6-9-2-1-8(5-10(9)13)11-7-15-4-3-14-11/h1-2,5-6,12H,3-4,7,13H2. The third-order valence-electron chi connectivity index (χ3n) is 2.35. The first kappa shape index (κ1) is 9.86. The predicted octanol–water partition coefficient (Wildman–Crippen LogP) is 1.09. The Balaban J connectivity index is 2.33. The van der Waals surface area contributed by atoms with E-state index in [0.29, 0.717) is 25.4 Å². The largest absolute Gasteiger partial charge is 0.398 e. The summed E-state index contributed by atoms with van der Waals surface area (Å²) in [6.45, 7) is 1.95. The smallest absolute Gasteiger partial charge is 0.0890 e. The van der Waals surface area contributed by atoms with E-state index in [1.165, 1.54) is 6.21 Å². The van der Waals surface area contributed by atoms with Gasteiger partial charge in [-0.05, 0) is 11.6 Å². The number of nitrogens with zero attached hydrogens (tertiary/aromatic N) is 1.